The lowest BCUT2D eigenvalue weighted by Crippen LogP contribution is -2.40. The van der Waals surface area contributed by atoms with E-state index in [-0.39, 0.29) is 11.8 Å². The van der Waals surface area contributed by atoms with Gasteiger partial charge in [-0.2, -0.15) is 0 Å². The Labute approximate surface area is 66.2 Å². The van der Waals surface area contributed by atoms with Gasteiger partial charge in [0.15, 0.2) is 9.84 Å². The summed E-state index contributed by atoms with van der Waals surface area (Å²) in [5, 5.41) is 2.97. The second-order valence-electron chi connectivity index (χ2n) is 2.68. The molecule has 1 saturated heterocycles. The maximum atomic E-state index is 10.9. The van der Waals surface area contributed by atoms with Crippen molar-refractivity contribution >= 4 is 9.84 Å². The molecule has 0 aromatic carbocycles. The third kappa shape index (κ3) is 2.74. The van der Waals surface area contributed by atoms with Crippen molar-refractivity contribution < 1.29 is 8.42 Å². The molecule has 6 heteroatoms. The first kappa shape index (κ1) is 8.92. The lowest BCUT2D eigenvalue weighted by Gasteiger charge is -2.08. The zero-order valence-electron chi connectivity index (χ0n) is 6.21. The second kappa shape index (κ2) is 3.48. The molecule has 66 valence electrons. The molecule has 0 amide bonds. The number of nitrogens with two attached hydrogens (primary N) is 1. The molecule has 1 rings (SSSR count). The Morgan fingerprint density at radius 1 is 1.55 bits per heavy atom. The first-order valence-electron chi connectivity index (χ1n) is 3.51. The van der Waals surface area contributed by atoms with Crippen LogP contribution in [0.2, 0.25) is 0 Å². The maximum Gasteiger partial charge on any atom is 0.151 e. The summed E-state index contributed by atoms with van der Waals surface area (Å²) in [7, 11) is -2.76. The van der Waals surface area contributed by atoms with Crippen LogP contribution >= 0.6 is 0 Å². The Morgan fingerprint density at radius 3 is 2.73 bits per heavy atom. The Kier molecular flexibility index (Phi) is 2.83. The molecule has 1 aliphatic heterocycles. The third-order valence-electron chi connectivity index (χ3n) is 1.73. The zero-order valence-corrected chi connectivity index (χ0v) is 7.02. The predicted octanol–water partition coefficient (Wildman–Crippen LogP) is -1.82. The largest absolute Gasteiger partial charge is 0.300 e. The van der Waals surface area contributed by atoms with Crippen LogP contribution in [0.3, 0.4) is 0 Å². The van der Waals surface area contributed by atoms with Gasteiger partial charge in [0.05, 0.1) is 18.2 Å². The minimum Gasteiger partial charge on any atom is -0.300 e. The van der Waals surface area contributed by atoms with Crippen molar-refractivity contribution in [2.24, 2.45) is 5.84 Å². The van der Waals surface area contributed by atoms with Crippen molar-refractivity contribution in [3.8, 4) is 0 Å². The fourth-order valence-electron chi connectivity index (χ4n) is 1.16. The first-order chi connectivity index (χ1) is 5.14. The van der Waals surface area contributed by atoms with E-state index in [9.17, 15) is 8.42 Å². The molecule has 1 fully saturated rings. The standard InChI is InChI=1S/C5H13N3O2S/c6-8-4-7-5-1-2-11(9,10)3-5/h5,7-8H,1-4,6H2. The van der Waals surface area contributed by atoms with E-state index in [1.807, 2.05) is 0 Å². The number of hydrogen-bond donors (Lipinski definition) is 3. The van der Waals surface area contributed by atoms with Crippen LogP contribution in [0.15, 0.2) is 0 Å². The molecule has 0 aliphatic carbocycles. The summed E-state index contributed by atoms with van der Waals surface area (Å²) >= 11 is 0. The van der Waals surface area contributed by atoms with Crippen molar-refractivity contribution in [3.63, 3.8) is 0 Å². The van der Waals surface area contributed by atoms with Crippen molar-refractivity contribution in [2.45, 2.75) is 12.5 Å². The highest BCUT2D eigenvalue weighted by Crippen LogP contribution is 2.10. The van der Waals surface area contributed by atoms with E-state index < -0.39 is 9.84 Å². The van der Waals surface area contributed by atoms with Crippen LogP contribution in [0.25, 0.3) is 0 Å². The lowest BCUT2D eigenvalue weighted by molar-refractivity contribution is 0.515. The molecule has 1 aliphatic rings. The van der Waals surface area contributed by atoms with Crippen LogP contribution in [0.5, 0.6) is 0 Å². The van der Waals surface area contributed by atoms with Crippen molar-refractivity contribution in [1.29, 1.82) is 0 Å². The smallest absolute Gasteiger partial charge is 0.151 e. The van der Waals surface area contributed by atoms with Gasteiger partial charge in [0.25, 0.3) is 0 Å². The Morgan fingerprint density at radius 2 is 2.27 bits per heavy atom. The number of hydrogen-bond acceptors (Lipinski definition) is 5. The zero-order chi connectivity index (χ0) is 8.32. The summed E-state index contributed by atoms with van der Waals surface area (Å²) in [6.45, 7) is 0.459. The summed E-state index contributed by atoms with van der Waals surface area (Å²) in [6, 6.07) is 0.0797. The Bertz CT molecular complexity index is 214. The van der Waals surface area contributed by atoms with Gasteiger partial charge in [-0.3, -0.25) is 11.2 Å². The van der Waals surface area contributed by atoms with Crippen molar-refractivity contribution in [1.82, 2.24) is 10.7 Å². The summed E-state index contributed by atoms with van der Waals surface area (Å²) < 4.78 is 21.8. The number of sulfone groups is 1. The normalized spacial score (nSPS) is 29.0. The average Bonchev–Trinajstić information content (AvgIpc) is 2.26. The van der Waals surface area contributed by atoms with E-state index in [0.29, 0.717) is 18.8 Å². The fraction of sp³-hybridized carbons (Fsp3) is 1.00. The molecule has 0 radical (unpaired) electrons. The summed E-state index contributed by atoms with van der Waals surface area (Å²) in [4.78, 5) is 0. The van der Waals surface area contributed by atoms with E-state index in [4.69, 9.17) is 5.84 Å². The van der Waals surface area contributed by atoms with Gasteiger partial charge in [0.2, 0.25) is 0 Å². The van der Waals surface area contributed by atoms with Crippen LogP contribution in [0, 0.1) is 0 Å². The molecular formula is C5H13N3O2S. The molecule has 1 atom stereocenters. The van der Waals surface area contributed by atoms with Crippen LogP contribution < -0.4 is 16.6 Å². The van der Waals surface area contributed by atoms with Crippen LogP contribution in [0.1, 0.15) is 6.42 Å². The van der Waals surface area contributed by atoms with Gasteiger partial charge in [-0.15, -0.1) is 0 Å². The predicted molar refractivity (Wildman–Crippen MR) is 42.4 cm³/mol. The topological polar surface area (TPSA) is 84.2 Å². The fourth-order valence-corrected chi connectivity index (χ4v) is 2.87. The summed E-state index contributed by atoms with van der Waals surface area (Å²) in [5.74, 6) is 5.56. The molecule has 1 unspecified atom stereocenters. The molecule has 0 spiro atoms. The van der Waals surface area contributed by atoms with Crippen LogP contribution in [-0.2, 0) is 9.84 Å². The molecule has 0 aromatic heterocycles. The van der Waals surface area contributed by atoms with Crippen LogP contribution in [0.4, 0.5) is 0 Å². The highest BCUT2D eigenvalue weighted by Gasteiger charge is 2.26. The number of nitrogens with one attached hydrogen (secondary N) is 2. The molecule has 0 bridgehead atoms. The van der Waals surface area contributed by atoms with E-state index in [2.05, 4.69) is 10.7 Å². The third-order valence-corrected chi connectivity index (χ3v) is 3.49. The second-order valence-corrected chi connectivity index (χ2v) is 4.91. The van der Waals surface area contributed by atoms with Gasteiger partial charge in [-0.1, -0.05) is 0 Å². The Hall–Kier alpha value is -0.170. The van der Waals surface area contributed by atoms with Gasteiger partial charge in [-0.05, 0) is 6.42 Å². The highest BCUT2D eigenvalue weighted by atomic mass is 32.2. The summed E-state index contributed by atoms with van der Waals surface area (Å²) in [5.41, 5.74) is 2.42. The Balaban J connectivity index is 2.31. The van der Waals surface area contributed by atoms with Crippen LogP contribution in [-0.4, -0.2) is 32.6 Å². The van der Waals surface area contributed by atoms with E-state index in [1.165, 1.54) is 0 Å². The molecule has 0 saturated carbocycles. The monoisotopic (exact) mass is 179 g/mol. The molecule has 4 N–H and O–H groups in total. The quantitative estimate of drug-likeness (QED) is 0.270. The maximum absolute atomic E-state index is 10.9. The highest BCUT2D eigenvalue weighted by molar-refractivity contribution is 7.91. The minimum atomic E-state index is -2.76. The van der Waals surface area contributed by atoms with Crippen molar-refractivity contribution in [2.75, 3.05) is 18.2 Å². The van der Waals surface area contributed by atoms with Gasteiger partial charge < -0.3 is 0 Å². The molecule has 5 nitrogen and oxygen atoms in total. The minimum absolute atomic E-state index is 0.0797. The number of rotatable bonds is 3. The lowest BCUT2D eigenvalue weighted by atomic mass is 10.3. The summed E-state index contributed by atoms with van der Waals surface area (Å²) in [6.07, 6.45) is 0.698. The molecular weight excluding hydrogens is 166 g/mol. The van der Waals surface area contributed by atoms with Gasteiger partial charge in [0.1, 0.15) is 0 Å². The number of hydrazine groups is 1. The first-order valence-corrected chi connectivity index (χ1v) is 5.33. The van der Waals surface area contributed by atoms with Gasteiger partial charge >= 0.3 is 0 Å². The van der Waals surface area contributed by atoms with Gasteiger partial charge in [-0.25, -0.2) is 13.8 Å². The molecule has 0 aromatic rings. The van der Waals surface area contributed by atoms with E-state index >= 15 is 0 Å². The van der Waals surface area contributed by atoms with E-state index in [0.717, 1.165) is 0 Å². The van der Waals surface area contributed by atoms with Gasteiger partial charge in [0, 0.05) is 6.04 Å². The van der Waals surface area contributed by atoms with E-state index in [1.54, 1.807) is 0 Å². The average molecular weight is 179 g/mol. The molecule has 1 heterocycles. The molecule has 11 heavy (non-hydrogen) atoms. The van der Waals surface area contributed by atoms with Crippen molar-refractivity contribution in [3.05, 3.63) is 0 Å². The SMILES string of the molecule is NNCNC1CCS(=O)(=O)C1.